The molecule has 11 nitrogen and oxygen atoms in total. The average Bonchev–Trinajstić information content (AvgIpc) is 3.97. The van der Waals surface area contributed by atoms with E-state index >= 15 is 0 Å². The molecular weight excluding hydrogens is 649 g/mol. The summed E-state index contributed by atoms with van der Waals surface area (Å²) in [6.07, 6.45) is 11.3. The van der Waals surface area contributed by atoms with Gasteiger partial charge in [0.1, 0.15) is 11.4 Å². The fourth-order valence-electron chi connectivity index (χ4n) is 7.78. The van der Waals surface area contributed by atoms with Gasteiger partial charge in [-0.1, -0.05) is 24.3 Å². The number of amides is 2. The summed E-state index contributed by atoms with van der Waals surface area (Å²) in [4.78, 5) is 31.9. The summed E-state index contributed by atoms with van der Waals surface area (Å²) in [5.41, 5.74) is 13.0. The smallest absolute Gasteiger partial charge is 0.308 e. The number of carbonyl (C=O) groups is 1. The molecule has 2 aliphatic heterocycles. The Morgan fingerprint density at radius 1 is 0.558 bits per heavy atom. The zero-order valence-electron chi connectivity index (χ0n) is 28.1. The van der Waals surface area contributed by atoms with Crippen LogP contribution in [0.3, 0.4) is 0 Å². The van der Waals surface area contributed by atoms with Crippen LogP contribution in [0.5, 0.6) is 0 Å². The quantitative estimate of drug-likeness (QED) is 0.181. The Bertz CT molecular complexity index is 2480. The van der Waals surface area contributed by atoms with E-state index in [4.69, 9.17) is 10.2 Å². The molecule has 11 heteroatoms. The van der Waals surface area contributed by atoms with Gasteiger partial charge in [-0.05, 0) is 97.5 Å². The lowest BCUT2D eigenvalue weighted by Crippen LogP contribution is -2.19. The van der Waals surface area contributed by atoms with E-state index in [-0.39, 0.29) is 6.03 Å². The van der Waals surface area contributed by atoms with E-state index in [1.165, 1.54) is 11.4 Å². The third-order valence-corrected chi connectivity index (χ3v) is 10.0. The number of urea groups is 1. The molecule has 10 rings (SSSR count). The van der Waals surface area contributed by atoms with Crippen molar-refractivity contribution in [1.29, 1.82) is 0 Å². The number of nitrogens with zero attached hydrogens (tertiary/aromatic N) is 8. The fourth-order valence-corrected chi connectivity index (χ4v) is 7.78. The number of fused-ring (bicyclic) bond motifs is 4. The molecule has 0 saturated carbocycles. The molecule has 2 aliphatic rings. The second-order valence-electron chi connectivity index (χ2n) is 13.2. The van der Waals surface area contributed by atoms with Gasteiger partial charge in [0.15, 0.2) is 0 Å². The van der Waals surface area contributed by atoms with Gasteiger partial charge in [-0.3, -0.25) is 29.3 Å². The summed E-state index contributed by atoms with van der Waals surface area (Å²) in [5.74, 6) is 0. The highest BCUT2D eigenvalue weighted by Gasteiger charge is 2.27. The number of hydrogen-bond donors (Lipinski definition) is 2. The second-order valence-corrected chi connectivity index (χ2v) is 13.2. The van der Waals surface area contributed by atoms with Crippen molar-refractivity contribution < 1.29 is 4.79 Å². The molecule has 0 atom stereocenters. The van der Waals surface area contributed by atoms with E-state index < -0.39 is 0 Å². The minimum atomic E-state index is -0.357. The number of anilines is 2. The van der Waals surface area contributed by atoms with Crippen molar-refractivity contribution in [3.63, 3.8) is 0 Å². The predicted octanol–water partition coefficient (Wildman–Crippen LogP) is 8.17. The van der Waals surface area contributed by atoms with Gasteiger partial charge in [-0.2, -0.15) is 10.2 Å². The minimum absolute atomic E-state index is 0.357. The van der Waals surface area contributed by atoms with Gasteiger partial charge in [-0.25, -0.2) is 4.79 Å². The van der Waals surface area contributed by atoms with Crippen LogP contribution in [0.2, 0.25) is 0 Å². The van der Waals surface area contributed by atoms with Gasteiger partial charge in [0.25, 0.3) is 0 Å². The molecule has 0 saturated heterocycles. The summed E-state index contributed by atoms with van der Waals surface area (Å²) < 4.78 is 4.22. The zero-order valence-corrected chi connectivity index (χ0v) is 28.1. The monoisotopic (exact) mass is 680 g/mol. The van der Waals surface area contributed by atoms with E-state index in [2.05, 4.69) is 39.9 Å². The first-order chi connectivity index (χ1) is 25.7. The van der Waals surface area contributed by atoms with Gasteiger partial charge in [0, 0.05) is 82.5 Å². The number of rotatable bonds is 6. The van der Waals surface area contributed by atoms with Crippen molar-refractivity contribution in [2.45, 2.75) is 38.8 Å². The lowest BCUT2D eigenvalue weighted by molar-refractivity contribution is 0.262. The second kappa shape index (κ2) is 12.2. The minimum Gasteiger partial charge on any atom is -0.308 e. The number of nitrogens with one attached hydrogen (secondary N) is 2. The molecule has 252 valence electrons. The Labute approximate surface area is 298 Å². The van der Waals surface area contributed by atoms with Crippen molar-refractivity contribution >= 4 is 39.2 Å². The summed E-state index contributed by atoms with van der Waals surface area (Å²) in [6.45, 7) is 1.80. The maximum Gasteiger partial charge on any atom is 0.323 e. The Morgan fingerprint density at radius 3 is 1.52 bits per heavy atom. The Morgan fingerprint density at radius 2 is 1.06 bits per heavy atom. The topological polar surface area (TPSA) is 128 Å². The molecule has 8 aromatic rings. The third-order valence-electron chi connectivity index (χ3n) is 10.0. The van der Waals surface area contributed by atoms with Crippen LogP contribution in [0.15, 0.2) is 110 Å². The van der Waals surface area contributed by atoms with Crippen LogP contribution in [-0.4, -0.2) is 45.5 Å². The molecule has 8 heterocycles. The number of benzene rings is 2. The SMILES string of the molecule is O=C(Nc1ccc2c(-c3c(-c4ccccn4)nn4c3CCC4)ccnc2c1)Nc1ccc2c(-c3c(-c4ccccn4)nn4c3CCC4)ccnc2c1. The molecule has 0 spiro atoms. The highest BCUT2D eigenvalue weighted by Crippen LogP contribution is 2.41. The normalized spacial score (nSPS) is 13.4. The third kappa shape index (κ3) is 5.08. The van der Waals surface area contributed by atoms with E-state index in [1.54, 1.807) is 12.4 Å². The van der Waals surface area contributed by atoms with E-state index in [9.17, 15) is 4.79 Å². The molecule has 0 aliphatic carbocycles. The number of aromatic nitrogens is 8. The van der Waals surface area contributed by atoms with Crippen molar-refractivity contribution in [2.24, 2.45) is 0 Å². The van der Waals surface area contributed by atoms with Crippen LogP contribution in [0.1, 0.15) is 24.2 Å². The fraction of sp³-hybridized carbons (Fsp3) is 0.146. The zero-order chi connectivity index (χ0) is 34.6. The van der Waals surface area contributed by atoms with Crippen LogP contribution >= 0.6 is 0 Å². The summed E-state index contributed by atoms with van der Waals surface area (Å²) in [7, 11) is 0. The molecule has 2 amide bonds. The number of aryl methyl sites for hydroxylation is 2. The van der Waals surface area contributed by atoms with Crippen LogP contribution in [0.4, 0.5) is 16.2 Å². The molecule has 2 aromatic carbocycles. The van der Waals surface area contributed by atoms with Crippen LogP contribution in [0, 0.1) is 0 Å². The highest BCUT2D eigenvalue weighted by atomic mass is 16.2. The molecule has 0 fully saturated rings. The maximum absolute atomic E-state index is 13.3. The summed E-state index contributed by atoms with van der Waals surface area (Å²) in [5, 5.41) is 17.9. The summed E-state index contributed by atoms with van der Waals surface area (Å²) >= 11 is 0. The van der Waals surface area contributed by atoms with Gasteiger partial charge >= 0.3 is 6.03 Å². The Balaban J connectivity index is 0.930. The largest absolute Gasteiger partial charge is 0.323 e. The van der Waals surface area contributed by atoms with E-state index in [0.29, 0.717) is 11.4 Å². The molecular formula is C41H32N10O. The molecule has 6 aromatic heterocycles. The van der Waals surface area contributed by atoms with Crippen molar-refractivity contribution in [3.05, 3.63) is 121 Å². The van der Waals surface area contributed by atoms with Gasteiger partial charge in [0.05, 0.1) is 22.4 Å². The standard InChI is InChI=1S/C41H32N10O/c52-41(46-25-11-13-27-29(15-19-44-33(27)23-25)37-35-9-5-21-50(35)48-39(37)31-7-1-3-17-42-31)47-26-12-14-28-30(16-20-45-34(28)24-26)38-36-10-6-22-51(36)49-40(38)32-8-2-4-18-43-32/h1-4,7-8,11-20,23-24H,5-6,9-10,21-22H2,(H2,46,47,52). The Hall–Kier alpha value is -6.75. The molecule has 0 unspecified atom stereocenters. The molecule has 2 N–H and O–H groups in total. The van der Waals surface area contributed by atoms with E-state index in [1.807, 2.05) is 97.3 Å². The Kier molecular flexibility index (Phi) is 7.08. The van der Waals surface area contributed by atoms with Gasteiger partial charge in [-0.15, -0.1) is 0 Å². The molecule has 0 bridgehead atoms. The van der Waals surface area contributed by atoms with Crippen molar-refractivity contribution in [3.8, 4) is 45.0 Å². The predicted molar refractivity (Wildman–Crippen MR) is 202 cm³/mol. The first-order valence-electron chi connectivity index (χ1n) is 17.6. The highest BCUT2D eigenvalue weighted by molar-refractivity contribution is 6.05. The molecule has 0 radical (unpaired) electrons. The van der Waals surface area contributed by atoms with Crippen LogP contribution < -0.4 is 10.6 Å². The van der Waals surface area contributed by atoms with Gasteiger partial charge < -0.3 is 10.6 Å². The van der Waals surface area contributed by atoms with Gasteiger partial charge in [0.2, 0.25) is 0 Å². The van der Waals surface area contributed by atoms with Crippen molar-refractivity contribution in [1.82, 2.24) is 39.5 Å². The first-order valence-corrected chi connectivity index (χ1v) is 17.6. The van der Waals surface area contributed by atoms with E-state index in [0.717, 1.165) is 106 Å². The van der Waals surface area contributed by atoms with Crippen LogP contribution in [-0.2, 0) is 25.9 Å². The molecule has 52 heavy (non-hydrogen) atoms. The lowest BCUT2D eigenvalue weighted by Gasteiger charge is -2.12. The number of carbonyl (C=O) groups excluding carboxylic acids is 1. The maximum atomic E-state index is 13.3. The number of pyridine rings is 4. The van der Waals surface area contributed by atoms with Crippen molar-refractivity contribution in [2.75, 3.05) is 10.6 Å². The first kappa shape index (κ1) is 30.1. The summed E-state index contributed by atoms with van der Waals surface area (Å²) in [6, 6.07) is 27.2. The average molecular weight is 681 g/mol. The lowest BCUT2D eigenvalue weighted by atomic mass is 9.96. The number of hydrogen-bond acceptors (Lipinski definition) is 7. The van der Waals surface area contributed by atoms with Crippen LogP contribution in [0.25, 0.3) is 66.8 Å².